The van der Waals surface area contributed by atoms with Gasteiger partial charge in [-0.25, -0.2) is 4.79 Å². The summed E-state index contributed by atoms with van der Waals surface area (Å²) in [4.78, 5) is 23.4. The van der Waals surface area contributed by atoms with Crippen molar-refractivity contribution in [2.45, 2.75) is 24.7 Å². The zero-order chi connectivity index (χ0) is 17.2. The fourth-order valence-corrected chi connectivity index (χ4v) is 3.11. The van der Waals surface area contributed by atoms with Gasteiger partial charge in [0.2, 0.25) is 5.91 Å². The van der Waals surface area contributed by atoms with Crippen LogP contribution in [0.5, 0.6) is 0 Å². The number of benzene rings is 2. The van der Waals surface area contributed by atoms with Crippen LogP contribution in [0.15, 0.2) is 48.5 Å². The number of aromatic carboxylic acids is 1. The minimum atomic E-state index is -1.02. The fourth-order valence-electron chi connectivity index (χ4n) is 2.92. The molecule has 1 amide bonds. The number of carbonyl (C=O) groups excluding carboxylic acids is 1. The van der Waals surface area contributed by atoms with Gasteiger partial charge < -0.3 is 10.4 Å². The molecule has 0 unspecified atom stereocenters. The predicted octanol–water partition coefficient (Wildman–Crippen LogP) is 3.43. The van der Waals surface area contributed by atoms with Gasteiger partial charge in [0.25, 0.3) is 0 Å². The average molecular weight is 344 g/mol. The largest absolute Gasteiger partial charge is 0.478 e. The SMILES string of the molecule is O=C(Cc1ccccc1C(=O)O)NCC1(c2cccc(Cl)c2)CC1. The molecule has 0 aliphatic heterocycles. The number of carboxylic acids is 1. The first kappa shape index (κ1) is 16.5. The van der Waals surface area contributed by atoms with Crippen molar-refractivity contribution >= 4 is 23.5 Å². The lowest BCUT2D eigenvalue weighted by Crippen LogP contribution is -2.33. The van der Waals surface area contributed by atoms with E-state index in [9.17, 15) is 14.7 Å². The molecule has 0 atom stereocenters. The van der Waals surface area contributed by atoms with Crippen LogP contribution in [0, 0.1) is 0 Å². The number of rotatable bonds is 6. The van der Waals surface area contributed by atoms with Crippen molar-refractivity contribution in [2.75, 3.05) is 6.54 Å². The Morgan fingerprint density at radius 2 is 1.88 bits per heavy atom. The van der Waals surface area contributed by atoms with E-state index in [1.165, 1.54) is 6.07 Å². The van der Waals surface area contributed by atoms with E-state index in [0.717, 1.165) is 18.4 Å². The molecule has 2 N–H and O–H groups in total. The van der Waals surface area contributed by atoms with Gasteiger partial charge in [0.1, 0.15) is 0 Å². The second-order valence-electron chi connectivity index (χ2n) is 6.21. The van der Waals surface area contributed by atoms with Gasteiger partial charge >= 0.3 is 5.97 Å². The van der Waals surface area contributed by atoms with Gasteiger partial charge in [0, 0.05) is 17.0 Å². The van der Waals surface area contributed by atoms with Gasteiger partial charge in [-0.1, -0.05) is 41.9 Å². The molecule has 1 fully saturated rings. The van der Waals surface area contributed by atoms with Crippen molar-refractivity contribution in [3.8, 4) is 0 Å². The molecule has 4 nitrogen and oxygen atoms in total. The number of nitrogens with one attached hydrogen (secondary N) is 1. The highest BCUT2D eigenvalue weighted by molar-refractivity contribution is 6.30. The van der Waals surface area contributed by atoms with Crippen LogP contribution in [0.4, 0.5) is 0 Å². The predicted molar refractivity (Wildman–Crippen MR) is 92.5 cm³/mol. The summed E-state index contributed by atoms with van der Waals surface area (Å²) in [5.41, 5.74) is 1.80. The third-order valence-electron chi connectivity index (χ3n) is 4.51. The molecule has 3 rings (SSSR count). The highest BCUT2D eigenvalue weighted by Gasteiger charge is 2.44. The fraction of sp³-hybridized carbons (Fsp3) is 0.263. The van der Waals surface area contributed by atoms with Crippen LogP contribution in [0.3, 0.4) is 0 Å². The number of hydrogen-bond donors (Lipinski definition) is 2. The summed E-state index contributed by atoms with van der Waals surface area (Å²) < 4.78 is 0. The average Bonchev–Trinajstić information content (AvgIpc) is 3.34. The maximum absolute atomic E-state index is 12.2. The summed E-state index contributed by atoms with van der Waals surface area (Å²) in [6.45, 7) is 0.543. The number of halogens is 1. The molecule has 1 aliphatic carbocycles. The topological polar surface area (TPSA) is 66.4 Å². The molecular weight excluding hydrogens is 326 g/mol. The van der Waals surface area contributed by atoms with Gasteiger partial charge in [-0.3, -0.25) is 4.79 Å². The molecule has 0 spiro atoms. The molecule has 1 saturated carbocycles. The van der Waals surface area contributed by atoms with E-state index in [1.54, 1.807) is 18.2 Å². The van der Waals surface area contributed by atoms with Crippen LogP contribution in [0.2, 0.25) is 5.02 Å². The Bertz CT molecular complexity index is 784. The summed E-state index contributed by atoms with van der Waals surface area (Å²) in [5, 5.41) is 12.8. The van der Waals surface area contributed by atoms with E-state index in [-0.39, 0.29) is 23.3 Å². The van der Waals surface area contributed by atoms with Crippen molar-refractivity contribution < 1.29 is 14.7 Å². The van der Waals surface area contributed by atoms with E-state index >= 15 is 0 Å². The molecular formula is C19H18ClNO3. The molecule has 0 saturated heterocycles. The van der Waals surface area contributed by atoms with Crippen LogP contribution < -0.4 is 5.32 Å². The third kappa shape index (κ3) is 3.60. The van der Waals surface area contributed by atoms with Crippen LogP contribution in [-0.4, -0.2) is 23.5 Å². The maximum Gasteiger partial charge on any atom is 0.335 e. The molecule has 0 aromatic heterocycles. The van der Waals surface area contributed by atoms with E-state index in [4.69, 9.17) is 11.6 Å². The monoisotopic (exact) mass is 343 g/mol. The summed E-state index contributed by atoms with van der Waals surface area (Å²) in [6, 6.07) is 14.3. The van der Waals surface area contributed by atoms with Gasteiger partial charge in [0.15, 0.2) is 0 Å². The molecule has 2 aromatic rings. The zero-order valence-corrected chi connectivity index (χ0v) is 13.8. The van der Waals surface area contributed by atoms with Crippen molar-refractivity contribution in [1.82, 2.24) is 5.32 Å². The molecule has 124 valence electrons. The van der Waals surface area contributed by atoms with E-state index in [1.807, 2.05) is 24.3 Å². The Morgan fingerprint density at radius 3 is 2.54 bits per heavy atom. The van der Waals surface area contributed by atoms with Gasteiger partial charge in [-0.05, 0) is 42.2 Å². The van der Waals surface area contributed by atoms with Crippen LogP contribution in [0.25, 0.3) is 0 Å². The molecule has 1 aliphatic rings. The molecule has 2 aromatic carbocycles. The lowest BCUT2D eigenvalue weighted by atomic mass is 9.96. The Morgan fingerprint density at radius 1 is 1.12 bits per heavy atom. The first-order valence-electron chi connectivity index (χ1n) is 7.84. The van der Waals surface area contributed by atoms with Crippen molar-refractivity contribution in [3.05, 3.63) is 70.2 Å². The minimum Gasteiger partial charge on any atom is -0.478 e. The molecule has 0 heterocycles. The van der Waals surface area contributed by atoms with Crippen LogP contribution >= 0.6 is 11.6 Å². The van der Waals surface area contributed by atoms with Gasteiger partial charge in [-0.2, -0.15) is 0 Å². The Labute approximate surface area is 145 Å². The summed E-state index contributed by atoms with van der Waals surface area (Å²) >= 11 is 6.05. The number of carboxylic acid groups (broad SMARTS) is 1. The first-order valence-corrected chi connectivity index (χ1v) is 8.22. The van der Waals surface area contributed by atoms with Gasteiger partial charge in [-0.15, -0.1) is 0 Å². The van der Waals surface area contributed by atoms with Crippen molar-refractivity contribution in [2.24, 2.45) is 0 Å². The summed E-state index contributed by atoms with van der Waals surface area (Å²) in [7, 11) is 0. The second kappa shape index (κ2) is 6.65. The summed E-state index contributed by atoms with van der Waals surface area (Å²) in [6.07, 6.45) is 2.09. The molecule has 0 bridgehead atoms. The van der Waals surface area contributed by atoms with Crippen molar-refractivity contribution in [1.29, 1.82) is 0 Å². The third-order valence-corrected chi connectivity index (χ3v) is 4.75. The Kier molecular flexibility index (Phi) is 4.58. The number of amides is 1. The van der Waals surface area contributed by atoms with E-state index < -0.39 is 5.97 Å². The van der Waals surface area contributed by atoms with Crippen LogP contribution in [0.1, 0.15) is 34.3 Å². The molecule has 5 heteroatoms. The number of carbonyl (C=O) groups is 2. The smallest absolute Gasteiger partial charge is 0.335 e. The Hall–Kier alpha value is -2.33. The van der Waals surface area contributed by atoms with Gasteiger partial charge in [0.05, 0.1) is 12.0 Å². The normalized spacial score (nSPS) is 14.9. The first-order chi connectivity index (χ1) is 11.5. The highest BCUT2D eigenvalue weighted by Crippen LogP contribution is 2.48. The quantitative estimate of drug-likeness (QED) is 0.844. The highest BCUT2D eigenvalue weighted by atomic mass is 35.5. The van der Waals surface area contributed by atoms with E-state index in [2.05, 4.69) is 5.32 Å². The second-order valence-corrected chi connectivity index (χ2v) is 6.64. The lowest BCUT2D eigenvalue weighted by molar-refractivity contribution is -0.120. The minimum absolute atomic E-state index is 0.0348. The summed E-state index contributed by atoms with van der Waals surface area (Å²) in [5.74, 6) is -1.19. The van der Waals surface area contributed by atoms with Crippen molar-refractivity contribution in [3.63, 3.8) is 0 Å². The van der Waals surface area contributed by atoms with Crippen LogP contribution in [-0.2, 0) is 16.6 Å². The Balaban J connectivity index is 1.64. The maximum atomic E-state index is 12.2. The molecule has 0 radical (unpaired) electrons. The lowest BCUT2D eigenvalue weighted by Gasteiger charge is -2.17. The molecule has 24 heavy (non-hydrogen) atoms. The number of hydrogen-bond acceptors (Lipinski definition) is 2. The standard InChI is InChI=1S/C19H18ClNO3/c20-15-6-3-5-14(11-15)19(8-9-19)12-21-17(22)10-13-4-1-2-7-16(13)18(23)24/h1-7,11H,8-10,12H2,(H,21,22)(H,23,24). The zero-order valence-electron chi connectivity index (χ0n) is 13.1. The van der Waals surface area contributed by atoms with E-state index in [0.29, 0.717) is 17.1 Å².